The van der Waals surface area contributed by atoms with Gasteiger partial charge in [0.15, 0.2) is 0 Å². The molecule has 7 nitrogen and oxygen atoms in total. The fourth-order valence-corrected chi connectivity index (χ4v) is 3.95. The van der Waals surface area contributed by atoms with Crippen molar-refractivity contribution in [3.8, 4) is 5.75 Å². The van der Waals surface area contributed by atoms with Crippen molar-refractivity contribution < 1.29 is 9.66 Å². The molecule has 1 saturated heterocycles. The number of nitro groups is 1. The maximum absolute atomic E-state index is 11.4. The SMILES string of the molecule is COc1ccc(CN2CCCN(c3ccc([N+](=O)[O-])c4cnccc34)CC2)cc1. The Labute approximate surface area is 169 Å². The molecule has 29 heavy (non-hydrogen) atoms. The second kappa shape index (κ2) is 8.45. The zero-order valence-corrected chi connectivity index (χ0v) is 16.5. The van der Waals surface area contributed by atoms with E-state index in [4.69, 9.17) is 4.74 Å². The number of pyridine rings is 1. The predicted octanol–water partition coefficient (Wildman–Crippen LogP) is 3.86. The van der Waals surface area contributed by atoms with Gasteiger partial charge in [0, 0.05) is 62.3 Å². The Kier molecular flexibility index (Phi) is 5.57. The third-order valence-corrected chi connectivity index (χ3v) is 5.46. The summed E-state index contributed by atoms with van der Waals surface area (Å²) in [6.07, 6.45) is 4.33. The molecule has 1 fully saturated rings. The van der Waals surface area contributed by atoms with Gasteiger partial charge in [-0.1, -0.05) is 12.1 Å². The third-order valence-electron chi connectivity index (χ3n) is 5.46. The molecule has 1 aliphatic rings. The first-order valence-electron chi connectivity index (χ1n) is 9.77. The summed E-state index contributed by atoms with van der Waals surface area (Å²) < 4.78 is 5.23. The molecule has 0 atom stereocenters. The van der Waals surface area contributed by atoms with Crippen molar-refractivity contribution in [2.24, 2.45) is 0 Å². The van der Waals surface area contributed by atoms with E-state index in [2.05, 4.69) is 26.9 Å². The number of nitrogens with zero attached hydrogens (tertiary/aromatic N) is 4. The van der Waals surface area contributed by atoms with Crippen LogP contribution in [0.2, 0.25) is 0 Å². The minimum atomic E-state index is -0.340. The summed E-state index contributed by atoms with van der Waals surface area (Å²) in [7, 11) is 1.68. The molecule has 0 radical (unpaired) electrons. The summed E-state index contributed by atoms with van der Waals surface area (Å²) in [6.45, 7) is 4.67. The number of rotatable bonds is 5. The van der Waals surface area contributed by atoms with E-state index in [0.29, 0.717) is 5.39 Å². The number of hydrogen-bond acceptors (Lipinski definition) is 6. The van der Waals surface area contributed by atoms with Gasteiger partial charge in [0.05, 0.1) is 17.4 Å². The third kappa shape index (κ3) is 4.14. The van der Waals surface area contributed by atoms with Crippen LogP contribution in [0.5, 0.6) is 5.75 Å². The molecule has 0 unspecified atom stereocenters. The molecule has 0 amide bonds. The van der Waals surface area contributed by atoms with Gasteiger partial charge >= 0.3 is 0 Å². The molecule has 0 spiro atoms. The Morgan fingerprint density at radius 1 is 1.03 bits per heavy atom. The van der Waals surface area contributed by atoms with Crippen LogP contribution in [0.4, 0.5) is 11.4 Å². The molecule has 0 N–H and O–H groups in total. The summed E-state index contributed by atoms with van der Waals surface area (Å²) >= 11 is 0. The van der Waals surface area contributed by atoms with E-state index in [-0.39, 0.29) is 10.6 Å². The Bertz CT molecular complexity index is 1010. The maximum Gasteiger partial charge on any atom is 0.278 e. The number of anilines is 1. The van der Waals surface area contributed by atoms with Gasteiger partial charge in [-0.05, 0) is 36.2 Å². The Morgan fingerprint density at radius 3 is 2.62 bits per heavy atom. The van der Waals surface area contributed by atoms with Crippen molar-refractivity contribution in [1.82, 2.24) is 9.88 Å². The van der Waals surface area contributed by atoms with Crippen molar-refractivity contribution in [3.05, 3.63) is 70.5 Å². The van der Waals surface area contributed by atoms with Gasteiger partial charge in [0.25, 0.3) is 5.69 Å². The summed E-state index contributed by atoms with van der Waals surface area (Å²) in [5.41, 5.74) is 2.42. The van der Waals surface area contributed by atoms with Gasteiger partial charge in [0.1, 0.15) is 5.75 Å². The van der Waals surface area contributed by atoms with Crippen LogP contribution in [0.1, 0.15) is 12.0 Å². The van der Waals surface area contributed by atoms with Crippen LogP contribution in [0.15, 0.2) is 54.9 Å². The maximum atomic E-state index is 11.4. The van der Waals surface area contributed by atoms with E-state index in [1.807, 2.05) is 24.3 Å². The second-order valence-electron chi connectivity index (χ2n) is 7.25. The fraction of sp³-hybridized carbons (Fsp3) is 0.318. The van der Waals surface area contributed by atoms with Gasteiger partial charge in [-0.25, -0.2) is 0 Å². The molecule has 0 saturated carbocycles. The first kappa shape index (κ1) is 19.1. The van der Waals surface area contributed by atoms with E-state index in [1.165, 1.54) is 5.56 Å². The Morgan fingerprint density at radius 2 is 1.86 bits per heavy atom. The minimum absolute atomic E-state index is 0.104. The minimum Gasteiger partial charge on any atom is -0.497 e. The van der Waals surface area contributed by atoms with Crippen molar-refractivity contribution in [2.45, 2.75) is 13.0 Å². The number of benzene rings is 2. The van der Waals surface area contributed by atoms with Crippen LogP contribution in [-0.4, -0.2) is 48.1 Å². The highest BCUT2D eigenvalue weighted by atomic mass is 16.6. The summed E-state index contributed by atoms with van der Waals surface area (Å²) in [5.74, 6) is 0.871. The molecule has 2 heterocycles. The van der Waals surface area contributed by atoms with E-state index < -0.39 is 0 Å². The molecule has 0 bridgehead atoms. The normalized spacial score (nSPS) is 15.3. The van der Waals surface area contributed by atoms with Gasteiger partial charge < -0.3 is 9.64 Å². The number of methoxy groups -OCH3 is 1. The summed E-state index contributed by atoms with van der Waals surface area (Å²) in [4.78, 5) is 19.9. The van der Waals surface area contributed by atoms with Crippen LogP contribution in [0.25, 0.3) is 10.8 Å². The molecule has 150 valence electrons. The molecule has 1 aromatic heterocycles. The van der Waals surface area contributed by atoms with Crippen LogP contribution in [0.3, 0.4) is 0 Å². The largest absolute Gasteiger partial charge is 0.497 e. The number of nitro benzene ring substituents is 1. The number of fused-ring (bicyclic) bond motifs is 1. The monoisotopic (exact) mass is 392 g/mol. The average Bonchev–Trinajstić information content (AvgIpc) is 2.99. The number of ether oxygens (including phenoxy) is 1. The van der Waals surface area contributed by atoms with Gasteiger partial charge in [0.2, 0.25) is 0 Å². The molecule has 1 aliphatic heterocycles. The average molecular weight is 392 g/mol. The smallest absolute Gasteiger partial charge is 0.278 e. The molecular weight excluding hydrogens is 368 g/mol. The van der Waals surface area contributed by atoms with Crippen molar-refractivity contribution in [3.63, 3.8) is 0 Å². The molecule has 4 rings (SSSR count). The first-order valence-corrected chi connectivity index (χ1v) is 9.77. The highest BCUT2D eigenvalue weighted by Gasteiger charge is 2.20. The predicted molar refractivity (Wildman–Crippen MR) is 113 cm³/mol. The topological polar surface area (TPSA) is 71.7 Å². The van der Waals surface area contributed by atoms with Crippen LogP contribution in [0, 0.1) is 10.1 Å². The lowest BCUT2D eigenvalue weighted by Crippen LogP contribution is -2.30. The highest BCUT2D eigenvalue weighted by Crippen LogP contribution is 2.33. The van der Waals surface area contributed by atoms with Gasteiger partial charge in [-0.2, -0.15) is 0 Å². The number of aromatic nitrogens is 1. The number of non-ortho nitro benzene ring substituents is 1. The van der Waals surface area contributed by atoms with Crippen molar-refractivity contribution >= 4 is 22.1 Å². The Balaban J connectivity index is 1.51. The standard InChI is InChI=1S/C22H24N4O3/c1-29-18-5-3-17(4-6-18)16-24-11-2-12-25(14-13-24)21-7-8-22(26(27)28)20-15-23-10-9-19(20)21/h3-10,15H,2,11-14,16H2,1H3. The first-order chi connectivity index (χ1) is 14.2. The van der Waals surface area contributed by atoms with Gasteiger partial charge in [-0.3, -0.25) is 20.0 Å². The Hall–Kier alpha value is -3.19. The number of hydrogen-bond donors (Lipinski definition) is 0. The van der Waals surface area contributed by atoms with E-state index >= 15 is 0 Å². The van der Waals surface area contributed by atoms with Crippen LogP contribution in [-0.2, 0) is 6.54 Å². The molecular formula is C22H24N4O3. The fourth-order valence-electron chi connectivity index (χ4n) is 3.95. The summed E-state index contributed by atoms with van der Waals surface area (Å²) in [5, 5.41) is 12.8. The molecule has 3 aromatic rings. The highest BCUT2D eigenvalue weighted by molar-refractivity contribution is 5.99. The van der Waals surface area contributed by atoms with Crippen LogP contribution < -0.4 is 9.64 Å². The van der Waals surface area contributed by atoms with Crippen molar-refractivity contribution in [1.29, 1.82) is 0 Å². The molecule has 7 heteroatoms. The lowest BCUT2D eigenvalue weighted by atomic mass is 10.1. The van der Waals surface area contributed by atoms with Crippen LogP contribution >= 0.6 is 0 Å². The van der Waals surface area contributed by atoms with E-state index in [1.54, 1.807) is 25.6 Å². The van der Waals surface area contributed by atoms with E-state index in [9.17, 15) is 10.1 Å². The second-order valence-corrected chi connectivity index (χ2v) is 7.25. The lowest BCUT2D eigenvalue weighted by Gasteiger charge is -2.25. The lowest BCUT2D eigenvalue weighted by molar-refractivity contribution is -0.383. The van der Waals surface area contributed by atoms with E-state index in [0.717, 1.165) is 56.0 Å². The molecule has 2 aromatic carbocycles. The zero-order chi connectivity index (χ0) is 20.2. The van der Waals surface area contributed by atoms with Gasteiger partial charge in [-0.15, -0.1) is 0 Å². The van der Waals surface area contributed by atoms with Crippen molar-refractivity contribution in [2.75, 3.05) is 38.2 Å². The quantitative estimate of drug-likeness (QED) is 0.485. The zero-order valence-electron chi connectivity index (χ0n) is 16.5. The summed E-state index contributed by atoms with van der Waals surface area (Å²) in [6, 6.07) is 13.6. The molecule has 0 aliphatic carbocycles.